The molecule has 1 amide bonds. The second kappa shape index (κ2) is 7.83. The van der Waals surface area contributed by atoms with Gasteiger partial charge < -0.3 is 5.32 Å². The number of nitriles is 1. The fourth-order valence-electron chi connectivity index (χ4n) is 2.95. The van der Waals surface area contributed by atoms with E-state index >= 15 is 0 Å². The summed E-state index contributed by atoms with van der Waals surface area (Å²) in [7, 11) is 0. The van der Waals surface area contributed by atoms with E-state index in [1.165, 1.54) is 25.7 Å². The summed E-state index contributed by atoms with van der Waals surface area (Å²) in [5, 5.41) is 12.2. The third kappa shape index (κ3) is 4.90. The fourth-order valence-corrected chi connectivity index (χ4v) is 2.95. The zero-order valence-corrected chi connectivity index (χ0v) is 12.7. The number of amides is 1. The summed E-state index contributed by atoms with van der Waals surface area (Å²) in [6.07, 6.45) is 5.39. The van der Waals surface area contributed by atoms with Crippen LogP contribution in [-0.2, 0) is 11.2 Å². The quantitative estimate of drug-likeness (QED) is 0.902. The van der Waals surface area contributed by atoms with E-state index in [1.807, 2.05) is 30.3 Å². The van der Waals surface area contributed by atoms with Gasteiger partial charge in [0.25, 0.3) is 0 Å². The highest BCUT2D eigenvalue weighted by atomic mass is 16.1. The molecule has 1 aromatic rings. The van der Waals surface area contributed by atoms with Crippen molar-refractivity contribution in [3.63, 3.8) is 0 Å². The molecular formula is C18H24N2O. The normalized spacial score (nSPS) is 23.0. The first kappa shape index (κ1) is 15.6. The van der Waals surface area contributed by atoms with Gasteiger partial charge in [-0.2, -0.15) is 5.26 Å². The Bertz CT molecular complexity index is 484. The average molecular weight is 284 g/mol. The van der Waals surface area contributed by atoms with Crippen LogP contribution in [0, 0.1) is 29.1 Å². The molecule has 1 atom stereocenters. The number of carbonyl (C=O) groups excluding carboxylic acids is 1. The Hall–Kier alpha value is -1.82. The van der Waals surface area contributed by atoms with Gasteiger partial charge in [0.05, 0.1) is 6.07 Å². The standard InChI is InChI=1S/C18H24N2O/c1-14-7-9-16(10-8-14)13-20-18(21)17(12-19)11-15-5-3-2-4-6-15/h2-6,14,16-17H,7-11,13H2,1H3,(H,20,21). The summed E-state index contributed by atoms with van der Waals surface area (Å²) < 4.78 is 0. The van der Waals surface area contributed by atoms with E-state index in [9.17, 15) is 10.1 Å². The molecule has 1 N–H and O–H groups in total. The molecule has 1 aliphatic carbocycles. The Labute approximate surface area is 127 Å². The zero-order chi connectivity index (χ0) is 15.1. The molecule has 1 aromatic carbocycles. The minimum atomic E-state index is -0.588. The molecule has 0 aromatic heterocycles. The smallest absolute Gasteiger partial charge is 0.237 e. The van der Waals surface area contributed by atoms with Crippen molar-refractivity contribution in [2.75, 3.05) is 6.54 Å². The number of hydrogen-bond acceptors (Lipinski definition) is 2. The largest absolute Gasteiger partial charge is 0.355 e. The Morgan fingerprint density at radius 2 is 1.95 bits per heavy atom. The highest BCUT2D eigenvalue weighted by molar-refractivity contribution is 5.81. The predicted octanol–water partition coefficient (Wildman–Crippen LogP) is 3.31. The Morgan fingerprint density at radius 3 is 2.57 bits per heavy atom. The number of nitrogens with zero attached hydrogens (tertiary/aromatic N) is 1. The lowest BCUT2D eigenvalue weighted by atomic mass is 9.83. The molecule has 3 nitrogen and oxygen atoms in total. The van der Waals surface area contributed by atoms with Crippen LogP contribution in [0.15, 0.2) is 30.3 Å². The van der Waals surface area contributed by atoms with Crippen molar-refractivity contribution in [1.29, 1.82) is 5.26 Å². The summed E-state index contributed by atoms with van der Waals surface area (Å²) in [6.45, 7) is 3.01. The number of benzene rings is 1. The predicted molar refractivity (Wildman–Crippen MR) is 83.4 cm³/mol. The van der Waals surface area contributed by atoms with Crippen LogP contribution < -0.4 is 5.32 Å². The van der Waals surface area contributed by atoms with E-state index in [1.54, 1.807) is 0 Å². The molecule has 0 saturated heterocycles. The molecule has 1 aliphatic rings. The molecule has 21 heavy (non-hydrogen) atoms. The van der Waals surface area contributed by atoms with Crippen LogP contribution in [0.2, 0.25) is 0 Å². The molecule has 3 heteroatoms. The van der Waals surface area contributed by atoms with Crippen molar-refractivity contribution in [3.05, 3.63) is 35.9 Å². The third-order valence-electron chi connectivity index (χ3n) is 4.46. The third-order valence-corrected chi connectivity index (χ3v) is 4.46. The first-order valence-corrected chi connectivity index (χ1v) is 7.90. The molecule has 1 fully saturated rings. The van der Waals surface area contributed by atoms with Gasteiger partial charge in [-0.1, -0.05) is 50.1 Å². The minimum Gasteiger partial charge on any atom is -0.355 e. The Balaban J connectivity index is 1.79. The van der Waals surface area contributed by atoms with E-state index in [-0.39, 0.29) is 5.91 Å². The maximum Gasteiger partial charge on any atom is 0.237 e. The summed E-state index contributed by atoms with van der Waals surface area (Å²) >= 11 is 0. The molecule has 1 saturated carbocycles. The van der Waals surface area contributed by atoms with Gasteiger partial charge in [-0.25, -0.2) is 0 Å². The number of hydrogen-bond donors (Lipinski definition) is 1. The zero-order valence-electron chi connectivity index (χ0n) is 12.7. The molecule has 0 bridgehead atoms. The van der Waals surface area contributed by atoms with E-state index in [0.29, 0.717) is 12.3 Å². The van der Waals surface area contributed by atoms with Gasteiger partial charge in [0.2, 0.25) is 5.91 Å². The van der Waals surface area contributed by atoms with Gasteiger partial charge >= 0.3 is 0 Å². The number of rotatable bonds is 5. The van der Waals surface area contributed by atoms with Crippen molar-refractivity contribution in [2.24, 2.45) is 17.8 Å². The van der Waals surface area contributed by atoms with E-state index in [4.69, 9.17) is 0 Å². The fraction of sp³-hybridized carbons (Fsp3) is 0.556. The SMILES string of the molecule is CC1CCC(CNC(=O)C(C#N)Cc2ccccc2)CC1. The lowest BCUT2D eigenvalue weighted by molar-refractivity contribution is -0.123. The van der Waals surface area contributed by atoms with Crippen LogP contribution >= 0.6 is 0 Å². The molecule has 0 aliphatic heterocycles. The van der Waals surface area contributed by atoms with Gasteiger partial charge in [-0.3, -0.25) is 4.79 Å². The van der Waals surface area contributed by atoms with Gasteiger partial charge in [-0.05, 0) is 36.7 Å². The Kier molecular flexibility index (Phi) is 5.80. The molecule has 0 radical (unpaired) electrons. The minimum absolute atomic E-state index is 0.125. The van der Waals surface area contributed by atoms with E-state index in [2.05, 4.69) is 18.3 Å². The summed E-state index contributed by atoms with van der Waals surface area (Å²) in [4.78, 5) is 12.2. The van der Waals surface area contributed by atoms with Crippen LogP contribution in [0.4, 0.5) is 0 Å². The van der Waals surface area contributed by atoms with Crippen molar-refractivity contribution < 1.29 is 4.79 Å². The summed E-state index contributed by atoms with van der Waals surface area (Å²) in [5.74, 6) is 0.693. The molecular weight excluding hydrogens is 260 g/mol. The Morgan fingerprint density at radius 1 is 1.29 bits per heavy atom. The molecule has 112 valence electrons. The number of nitrogens with one attached hydrogen (secondary N) is 1. The maximum atomic E-state index is 12.2. The van der Waals surface area contributed by atoms with Crippen molar-refractivity contribution in [2.45, 2.75) is 39.0 Å². The van der Waals surface area contributed by atoms with Gasteiger partial charge in [0.1, 0.15) is 5.92 Å². The summed E-state index contributed by atoms with van der Waals surface area (Å²) in [5.41, 5.74) is 1.03. The van der Waals surface area contributed by atoms with Crippen molar-refractivity contribution >= 4 is 5.91 Å². The van der Waals surface area contributed by atoms with Crippen LogP contribution in [0.5, 0.6) is 0 Å². The van der Waals surface area contributed by atoms with Crippen LogP contribution in [-0.4, -0.2) is 12.5 Å². The molecule has 0 heterocycles. The monoisotopic (exact) mass is 284 g/mol. The van der Waals surface area contributed by atoms with Crippen molar-refractivity contribution in [3.8, 4) is 6.07 Å². The topological polar surface area (TPSA) is 52.9 Å². The average Bonchev–Trinajstić information content (AvgIpc) is 2.52. The van der Waals surface area contributed by atoms with Crippen LogP contribution in [0.25, 0.3) is 0 Å². The molecule has 1 unspecified atom stereocenters. The van der Waals surface area contributed by atoms with E-state index < -0.39 is 5.92 Å². The van der Waals surface area contributed by atoms with Crippen LogP contribution in [0.3, 0.4) is 0 Å². The second-order valence-corrected chi connectivity index (χ2v) is 6.24. The van der Waals surface area contributed by atoms with Gasteiger partial charge in [0.15, 0.2) is 0 Å². The molecule has 0 spiro atoms. The molecule has 2 rings (SSSR count). The first-order valence-electron chi connectivity index (χ1n) is 7.90. The van der Waals surface area contributed by atoms with Gasteiger partial charge in [0, 0.05) is 6.54 Å². The maximum absolute atomic E-state index is 12.2. The second-order valence-electron chi connectivity index (χ2n) is 6.24. The summed E-state index contributed by atoms with van der Waals surface area (Å²) in [6, 6.07) is 11.9. The van der Waals surface area contributed by atoms with Gasteiger partial charge in [-0.15, -0.1) is 0 Å². The van der Waals surface area contributed by atoms with Crippen molar-refractivity contribution in [1.82, 2.24) is 5.32 Å². The highest BCUT2D eigenvalue weighted by Crippen LogP contribution is 2.27. The lowest BCUT2D eigenvalue weighted by Gasteiger charge is -2.26. The van der Waals surface area contributed by atoms with Crippen LogP contribution in [0.1, 0.15) is 38.2 Å². The lowest BCUT2D eigenvalue weighted by Crippen LogP contribution is -2.35. The number of carbonyl (C=O) groups is 1. The van der Waals surface area contributed by atoms with E-state index in [0.717, 1.165) is 18.0 Å². The highest BCUT2D eigenvalue weighted by Gasteiger charge is 2.22. The first-order chi connectivity index (χ1) is 10.2.